The van der Waals surface area contributed by atoms with Gasteiger partial charge in [-0.3, -0.25) is 9.78 Å². The summed E-state index contributed by atoms with van der Waals surface area (Å²) in [5.74, 6) is -0.116. The number of H-pyrrole nitrogens is 1. The van der Waals surface area contributed by atoms with Crippen molar-refractivity contribution in [1.82, 2.24) is 15.3 Å². The maximum Gasteiger partial charge on any atom is 0.267 e. The summed E-state index contributed by atoms with van der Waals surface area (Å²) in [7, 11) is 0. The van der Waals surface area contributed by atoms with Crippen molar-refractivity contribution in [2.24, 2.45) is 0 Å². The Balaban J connectivity index is 2.18. The SMILES string of the molecule is C=C(c1c[nH]c(C(=O)NC(C)C)c1)c1ccccn1. The van der Waals surface area contributed by atoms with E-state index in [0.717, 1.165) is 16.8 Å². The molecule has 0 aliphatic heterocycles. The number of carbonyl (C=O) groups excluding carboxylic acids is 1. The largest absolute Gasteiger partial charge is 0.357 e. The highest BCUT2D eigenvalue weighted by molar-refractivity contribution is 5.94. The lowest BCUT2D eigenvalue weighted by atomic mass is 10.1. The van der Waals surface area contributed by atoms with Gasteiger partial charge >= 0.3 is 0 Å². The van der Waals surface area contributed by atoms with E-state index in [-0.39, 0.29) is 11.9 Å². The molecule has 2 rings (SSSR count). The van der Waals surface area contributed by atoms with Crippen molar-refractivity contribution in [2.75, 3.05) is 0 Å². The molecule has 0 unspecified atom stereocenters. The minimum Gasteiger partial charge on any atom is -0.357 e. The fourth-order valence-electron chi connectivity index (χ4n) is 1.73. The summed E-state index contributed by atoms with van der Waals surface area (Å²) in [6.45, 7) is 7.86. The quantitative estimate of drug-likeness (QED) is 0.882. The third kappa shape index (κ3) is 3.10. The van der Waals surface area contributed by atoms with E-state index in [1.807, 2.05) is 32.0 Å². The Kier molecular flexibility index (Phi) is 3.80. The summed E-state index contributed by atoms with van der Waals surface area (Å²) in [6.07, 6.45) is 3.49. The summed E-state index contributed by atoms with van der Waals surface area (Å²) < 4.78 is 0. The summed E-state index contributed by atoms with van der Waals surface area (Å²) in [5.41, 5.74) is 2.99. The lowest BCUT2D eigenvalue weighted by Crippen LogP contribution is -2.30. The molecule has 2 heterocycles. The number of nitrogens with one attached hydrogen (secondary N) is 2. The topological polar surface area (TPSA) is 57.8 Å². The van der Waals surface area contributed by atoms with Crippen LogP contribution in [-0.2, 0) is 0 Å². The number of aromatic nitrogens is 2. The van der Waals surface area contributed by atoms with Crippen LogP contribution in [0, 0.1) is 0 Å². The number of pyridine rings is 1. The lowest BCUT2D eigenvalue weighted by Gasteiger charge is -2.06. The second kappa shape index (κ2) is 5.52. The van der Waals surface area contributed by atoms with Crippen LogP contribution in [0.4, 0.5) is 0 Å². The van der Waals surface area contributed by atoms with Gasteiger partial charge in [0.05, 0.1) is 5.69 Å². The number of aromatic amines is 1. The van der Waals surface area contributed by atoms with E-state index in [9.17, 15) is 4.79 Å². The zero-order valence-corrected chi connectivity index (χ0v) is 11.1. The lowest BCUT2D eigenvalue weighted by molar-refractivity contribution is 0.0938. The molecule has 2 aromatic heterocycles. The highest BCUT2D eigenvalue weighted by Gasteiger charge is 2.11. The number of amides is 1. The summed E-state index contributed by atoms with van der Waals surface area (Å²) in [4.78, 5) is 19.0. The zero-order valence-electron chi connectivity index (χ0n) is 11.1. The minimum atomic E-state index is -0.116. The van der Waals surface area contributed by atoms with Gasteiger partial charge in [0.25, 0.3) is 5.91 Å². The van der Waals surface area contributed by atoms with Crippen LogP contribution in [0.3, 0.4) is 0 Å². The highest BCUT2D eigenvalue weighted by atomic mass is 16.1. The molecule has 4 heteroatoms. The highest BCUT2D eigenvalue weighted by Crippen LogP contribution is 2.20. The molecule has 0 atom stereocenters. The van der Waals surface area contributed by atoms with Crippen LogP contribution in [0.5, 0.6) is 0 Å². The average Bonchev–Trinajstić information content (AvgIpc) is 2.88. The Morgan fingerprint density at radius 2 is 2.21 bits per heavy atom. The molecule has 4 nitrogen and oxygen atoms in total. The normalized spacial score (nSPS) is 10.5. The van der Waals surface area contributed by atoms with E-state index in [2.05, 4.69) is 21.9 Å². The van der Waals surface area contributed by atoms with Gasteiger partial charge in [-0.2, -0.15) is 0 Å². The van der Waals surface area contributed by atoms with E-state index in [1.165, 1.54) is 0 Å². The molecule has 0 radical (unpaired) electrons. The van der Waals surface area contributed by atoms with Gasteiger partial charge in [-0.05, 0) is 32.0 Å². The predicted octanol–water partition coefficient (Wildman–Crippen LogP) is 2.61. The molecule has 0 aromatic carbocycles. The molecule has 98 valence electrons. The van der Waals surface area contributed by atoms with E-state index in [1.54, 1.807) is 18.5 Å². The van der Waals surface area contributed by atoms with Crippen LogP contribution in [0.1, 0.15) is 35.6 Å². The zero-order chi connectivity index (χ0) is 13.8. The fourth-order valence-corrected chi connectivity index (χ4v) is 1.73. The summed E-state index contributed by atoms with van der Waals surface area (Å²) >= 11 is 0. The van der Waals surface area contributed by atoms with Crippen molar-refractivity contribution >= 4 is 11.5 Å². The number of hydrogen-bond donors (Lipinski definition) is 2. The third-order valence-corrected chi connectivity index (χ3v) is 2.67. The van der Waals surface area contributed by atoms with Gasteiger partial charge in [0.1, 0.15) is 5.69 Å². The smallest absolute Gasteiger partial charge is 0.267 e. The number of hydrogen-bond acceptors (Lipinski definition) is 2. The molecule has 0 aliphatic rings. The first-order chi connectivity index (χ1) is 9.08. The molecule has 2 N–H and O–H groups in total. The van der Waals surface area contributed by atoms with Crippen LogP contribution in [0.15, 0.2) is 43.2 Å². The monoisotopic (exact) mass is 255 g/mol. The number of rotatable bonds is 4. The Morgan fingerprint density at radius 1 is 1.42 bits per heavy atom. The second-order valence-electron chi connectivity index (χ2n) is 4.62. The Labute approximate surface area is 112 Å². The van der Waals surface area contributed by atoms with E-state index in [0.29, 0.717) is 5.69 Å². The maximum absolute atomic E-state index is 11.8. The van der Waals surface area contributed by atoms with Crippen molar-refractivity contribution in [1.29, 1.82) is 0 Å². The van der Waals surface area contributed by atoms with Gasteiger partial charge in [0, 0.05) is 29.6 Å². The summed E-state index contributed by atoms with van der Waals surface area (Å²) in [6, 6.07) is 7.55. The fraction of sp³-hybridized carbons (Fsp3) is 0.200. The van der Waals surface area contributed by atoms with Gasteiger partial charge in [-0.25, -0.2) is 0 Å². The van der Waals surface area contributed by atoms with Gasteiger partial charge in [0.15, 0.2) is 0 Å². The maximum atomic E-state index is 11.8. The standard InChI is InChI=1S/C15H17N3O/c1-10(2)18-15(19)14-8-12(9-17-14)11(3)13-6-4-5-7-16-13/h4-10,17H,3H2,1-2H3,(H,18,19). The molecule has 0 fully saturated rings. The van der Waals surface area contributed by atoms with Crippen LogP contribution < -0.4 is 5.32 Å². The Hall–Kier alpha value is -2.36. The van der Waals surface area contributed by atoms with Crippen LogP contribution in [0.2, 0.25) is 0 Å². The van der Waals surface area contributed by atoms with Crippen molar-refractivity contribution in [3.63, 3.8) is 0 Å². The van der Waals surface area contributed by atoms with Crippen molar-refractivity contribution in [3.05, 3.63) is 60.2 Å². The minimum absolute atomic E-state index is 0.109. The average molecular weight is 255 g/mol. The van der Waals surface area contributed by atoms with E-state index < -0.39 is 0 Å². The van der Waals surface area contributed by atoms with Crippen LogP contribution in [-0.4, -0.2) is 21.9 Å². The first-order valence-corrected chi connectivity index (χ1v) is 6.18. The third-order valence-electron chi connectivity index (χ3n) is 2.67. The molecule has 0 aliphatic carbocycles. The molecule has 0 saturated carbocycles. The number of carbonyl (C=O) groups is 1. The van der Waals surface area contributed by atoms with Gasteiger partial charge < -0.3 is 10.3 Å². The first-order valence-electron chi connectivity index (χ1n) is 6.18. The number of nitrogens with zero attached hydrogens (tertiary/aromatic N) is 1. The first kappa shape index (κ1) is 13.1. The molecule has 0 saturated heterocycles. The van der Waals surface area contributed by atoms with E-state index in [4.69, 9.17) is 0 Å². The van der Waals surface area contributed by atoms with Crippen molar-refractivity contribution in [3.8, 4) is 0 Å². The molecule has 1 amide bonds. The second-order valence-corrected chi connectivity index (χ2v) is 4.62. The van der Waals surface area contributed by atoms with Gasteiger partial charge in [-0.15, -0.1) is 0 Å². The van der Waals surface area contributed by atoms with Gasteiger partial charge in [-0.1, -0.05) is 12.6 Å². The Bertz CT molecular complexity index is 584. The van der Waals surface area contributed by atoms with Crippen molar-refractivity contribution < 1.29 is 4.79 Å². The summed E-state index contributed by atoms with van der Waals surface area (Å²) in [5, 5.41) is 2.84. The Morgan fingerprint density at radius 3 is 2.84 bits per heavy atom. The molecule has 2 aromatic rings. The van der Waals surface area contributed by atoms with Crippen molar-refractivity contribution in [2.45, 2.75) is 19.9 Å². The van der Waals surface area contributed by atoms with Gasteiger partial charge in [0.2, 0.25) is 0 Å². The molecular formula is C15H17N3O. The molecule has 19 heavy (non-hydrogen) atoms. The molecular weight excluding hydrogens is 238 g/mol. The molecule has 0 bridgehead atoms. The van der Waals surface area contributed by atoms with Crippen LogP contribution >= 0.6 is 0 Å². The van der Waals surface area contributed by atoms with Crippen LogP contribution in [0.25, 0.3) is 5.57 Å². The predicted molar refractivity (Wildman–Crippen MR) is 75.8 cm³/mol. The van der Waals surface area contributed by atoms with E-state index >= 15 is 0 Å². The molecule has 0 spiro atoms.